The first-order chi connectivity index (χ1) is 10.8. The summed E-state index contributed by atoms with van der Waals surface area (Å²) >= 11 is 3.57. The highest BCUT2D eigenvalue weighted by molar-refractivity contribution is 9.10. The van der Waals surface area contributed by atoms with E-state index in [1.165, 1.54) is 55.6 Å². The fourth-order valence-corrected chi connectivity index (χ4v) is 4.91. The van der Waals surface area contributed by atoms with Crippen molar-refractivity contribution in [1.29, 1.82) is 0 Å². The molecule has 3 aliphatic rings. The lowest BCUT2D eigenvalue weighted by Gasteiger charge is -2.37. The van der Waals surface area contributed by atoms with Crippen LogP contribution < -0.4 is 0 Å². The normalized spacial score (nSPS) is 32.0. The van der Waals surface area contributed by atoms with E-state index in [2.05, 4.69) is 62.1 Å². The zero-order valence-corrected chi connectivity index (χ0v) is 14.7. The molecule has 22 heavy (non-hydrogen) atoms. The summed E-state index contributed by atoms with van der Waals surface area (Å²) in [7, 11) is 0. The Balaban J connectivity index is 1.25. The van der Waals surface area contributed by atoms with Gasteiger partial charge in [-0.3, -0.25) is 4.90 Å². The third-order valence-electron chi connectivity index (χ3n) is 5.67. The van der Waals surface area contributed by atoms with E-state index in [0.29, 0.717) is 0 Å². The molecule has 2 aliphatic carbocycles. The maximum atomic E-state index is 3.57. The molecule has 0 amide bonds. The quantitative estimate of drug-likeness (QED) is 0.753. The lowest BCUT2D eigenvalue weighted by atomic mass is 9.93. The van der Waals surface area contributed by atoms with Gasteiger partial charge in [0.05, 0.1) is 0 Å². The van der Waals surface area contributed by atoms with Gasteiger partial charge in [0.2, 0.25) is 0 Å². The number of piperazine rings is 1. The molecule has 0 unspecified atom stereocenters. The second kappa shape index (κ2) is 6.46. The Labute approximate surface area is 142 Å². The lowest BCUT2D eigenvalue weighted by molar-refractivity contribution is 0.108. The van der Waals surface area contributed by atoms with Gasteiger partial charge in [0.1, 0.15) is 0 Å². The van der Waals surface area contributed by atoms with Gasteiger partial charge in [0.15, 0.2) is 0 Å². The fourth-order valence-electron chi connectivity index (χ4n) is 4.46. The average molecular weight is 361 g/mol. The number of hydrogen-bond acceptors (Lipinski definition) is 2. The predicted octanol–water partition coefficient (Wildman–Crippen LogP) is 3.78. The first kappa shape index (κ1) is 14.9. The zero-order chi connectivity index (χ0) is 14.9. The summed E-state index contributed by atoms with van der Waals surface area (Å²) in [6, 6.07) is 8.72. The van der Waals surface area contributed by atoms with Gasteiger partial charge in [-0.25, -0.2) is 0 Å². The third-order valence-corrected chi connectivity index (χ3v) is 6.16. The van der Waals surface area contributed by atoms with Crippen molar-refractivity contribution in [2.45, 2.75) is 19.4 Å². The highest BCUT2D eigenvalue weighted by Gasteiger charge is 2.36. The Kier molecular flexibility index (Phi) is 4.38. The van der Waals surface area contributed by atoms with Gasteiger partial charge in [-0.1, -0.05) is 40.2 Å². The van der Waals surface area contributed by atoms with Crippen LogP contribution in [-0.4, -0.2) is 42.5 Å². The first-order valence-electron chi connectivity index (χ1n) is 8.64. The number of hydrogen-bond donors (Lipinski definition) is 0. The number of halogens is 1. The molecule has 1 aromatic rings. The Morgan fingerprint density at radius 3 is 2.50 bits per heavy atom. The minimum atomic E-state index is 0.893. The molecule has 3 heteroatoms. The van der Waals surface area contributed by atoms with E-state index >= 15 is 0 Å². The predicted molar refractivity (Wildman–Crippen MR) is 94.7 cm³/mol. The molecular formula is C19H25BrN2. The number of fused-ring (bicyclic) bond motifs is 2. The number of rotatable bonds is 4. The Bertz CT molecular complexity index is 548. The van der Waals surface area contributed by atoms with Crippen LogP contribution in [0.3, 0.4) is 0 Å². The molecule has 1 heterocycles. The van der Waals surface area contributed by atoms with E-state index in [4.69, 9.17) is 0 Å². The van der Waals surface area contributed by atoms with Crippen LogP contribution in [0.15, 0.2) is 40.9 Å². The second-order valence-corrected chi connectivity index (χ2v) is 8.16. The number of allylic oxidation sites excluding steroid dienone is 2. The maximum Gasteiger partial charge on any atom is 0.0235 e. The van der Waals surface area contributed by atoms with Crippen molar-refractivity contribution in [2.75, 3.05) is 32.7 Å². The molecule has 2 bridgehead atoms. The Hall–Kier alpha value is -0.640. The van der Waals surface area contributed by atoms with Gasteiger partial charge < -0.3 is 4.90 Å². The molecular weight excluding hydrogens is 336 g/mol. The van der Waals surface area contributed by atoms with Crippen molar-refractivity contribution in [3.8, 4) is 0 Å². The van der Waals surface area contributed by atoms with Crippen LogP contribution in [-0.2, 0) is 6.54 Å². The maximum absolute atomic E-state index is 3.57. The molecule has 3 atom stereocenters. The van der Waals surface area contributed by atoms with Crippen molar-refractivity contribution in [3.63, 3.8) is 0 Å². The van der Waals surface area contributed by atoms with E-state index in [0.717, 1.165) is 24.3 Å². The van der Waals surface area contributed by atoms with Crippen LogP contribution in [0.5, 0.6) is 0 Å². The molecule has 1 aromatic carbocycles. The van der Waals surface area contributed by atoms with Crippen molar-refractivity contribution >= 4 is 15.9 Å². The molecule has 1 saturated carbocycles. The van der Waals surface area contributed by atoms with Crippen molar-refractivity contribution in [2.24, 2.45) is 17.8 Å². The fraction of sp³-hybridized carbons (Fsp3) is 0.579. The minimum absolute atomic E-state index is 0.893. The van der Waals surface area contributed by atoms with Gasteiger partial charge >= 0.3 is 0 Å². The Morgan fingerprint density at radius 2 is 1.82 bits per heavy atom. The smallest absolute Gasteiger partial charge is 0.0235 e. The molecule has 0 aromatic heterocycles. The summed E-state index contributed by atoms with van der Waals surface area (Å²) in [5.41, 5.74) is 1.42. The molecule has 1 saturated heterocycles. The summed E-state index contributed by atoms with van der Waals surface area (Å²) < 4.78 is 1.19. The van der Waals surface area contributed by atoms with E-state index in [1.807, 2.05) is 0 Å². The van der Waals surface area contributed by atoms with Crippen LogP contribution >= 0.6 is 15.9 Å². The summed E-state index contributed by atoms with van der Waals surface area (Å²) in [5.74, 6) is 2.74. The summed E-state index contributed by atoms with van der Waals surface area (Å²) in [6.07, 6.45) is 7.83. The van der Waals surface area contributed by atoms with Gasteiger partial charge in [0, 0.05) is 43.7 Å². The molecule has 0 N–H and O–H groups in total. The van der Waals surface area contributed by atoms with Gasteiger partial charge in [0.25, 0.3) is 0 Å². The van der Waals surface area contributed by atoms with Crippen molar-refractivity contribution < 1.29 is 0 Å². The lowest BCUT2D eigenvalue weighted by Crippen LogP contribution is -2.47. The molecule has 2 nitrogen and oxygen atoms in total. The highest BCUT2D eigenvalue weighted by Crippen LogP contribution is 2.43. The minimum Gasteiger partial charge on any atom is -0.300 e. The number of nitrogens with zero attached hydrogens (tertiary/aromatic N) is 2. The van der Waals surface area contributed by atoms with Gasteiger partial charge in [-0.15, -0.1) is 0 Å². The van der Waals surface area contributed by atoms with Gasteiger partial charge in [-0.05, 0) is 48.3 Å². The highest BCUT2D eigenvalue weighted by atomic mass is 79.9. The molecule has 0 spiro atoms. The largest absolute Gasteiger partial charge is 0.300 e. The molecule has 2 fully saturated rings. The summed E-state index contributed by atoms with van der Waals surface area (Å²) in [6.45, 7) is 7.32. The van der Waals surface area contributed by atoms with Crippen LogP contribution in [0.25, 0.3) is 0 Å². The monoisotopic (exact) mass is 360 g/mol. The van der Waals surface area contributed by atoms with Crippen molar-refractivity contribution in [1.82, 2.24) is 9.80 Å². The molecule has 0 radical (unpaired) electrons. The number of benzene rings is 1. The van der Waals surface area contributed by atoms with E-state index in [-0.39, 0.29) is 0 Å². The third kappa shape index (κ3) is 3.32. The van der Waals surface area contributed by atoms with E-state index in [1.54, 1.807) is 0 Å². The molecule has 4 rings (SSSR count). The van der Waals surface area contributed by atoms with E-state index < -0.39 is 0 Å². The zero-order valence-electron chi connectivity index (χ0n) is 13.1. The first-order valence-corrected chi connectivity index (χ1v) is 9.43. The second-order valence-electron chi connectivity index (χ2n) is 7.25. The van der Waals surface area contributed by atoms with Crippen LogP contribution in [0, 0.1) is 17.8 Å². The summed E-state index contributed by atoms with van der Waals surface area (Å²) in [4.78, 5) is 5.30. The standard InChI is InChI=1S/C19H25BrN2/c20-19-3-1-2-16(12-19)13-21-6-8-22(9-7-21)14-18-11-15-4-5-17(18)10-15/h1-5,12,15,17-18H,6-11,13-14H2/t15-,17-,18+/m0/s1. The SMILES string of the molecule is Brc1cccc(CN2CCN(C[C@H]3C[C@H]4C=C[C@H]3C4)CC2)c1. The van der Waals surface area contributed by atoms with Crippen LogP contribution in [0.4, 0.5) is 0 Å². The van der Waals surface area contributed by atoms with Crippen molar-refractivity contribution in [3.05, 3.63) is 46.5 Å². The van der Waals surface area contributed by atoms with Gasteiger partial charge in [-0.2, -0.15) is 0 Å². The summed E-state index contributed by atoms with van der Waals surface area (Å²) in [5, 5.41) is 0. The van der Waals surface area contributed by atoms with Crippen LogP contribution in [0.2, 0.25) is 0 Å². The molecule has 1 aliphatic heterocycles. The van der Waals surface area contributed by atoms with E-state index in [9.17, 15) is 0 Å². The van der Waals surface area contributed by atoms with Crippen LogP contribution in [0.1, 0.15) is 18.4 Å². The average Bonchev–Trinajstić information content (AvgIpc) is 3.12. The topological polar surface area (TPSA) is 6.48 Å². The molecule has 118 valence electrons. The Morgan fingerprint density at radius 1 is 1.00 bits per heavy atom.